The molecule has 0 saturated carbocycles. The quantitative estimate of drug-likeness (QED) is 0.716. The zero-order valence-corrected chi connectivity index (χ0v) is 11.0. The Labute approximate surface area is 110 Å². The summed E-state index contributed by atoms with van der Waals surface area (Å²) in [5, 5.41) is 20.5. The van der Waals surface area contributed by atoms with Crippen LogP contribution >= 0.6 is 11.8 Å². The molecule has 1 aromatic rings. The Bertz CT molecular complexity index is 391. The average Bonchev–Trinajstić information content (AvgIpc) is 2.97. The SMILES string of the molecule is O=C(O)CSc1nnnn1CCCN1CCCC1. The Morgan fingerprint density at radius 3 is 2.83 bits per heavy atom. The largest absolute Gasteiger partial charge is 0.481 e. The molecule has 0 radical (unpaired) electrons. The second kappa shape index (κ2) is 6.69. The van der Waals surface area contributed by atoms with Crippen molar-refractivity contribution in [1.82, 2.24) is 25.1 Å². The second-order valence-corrected chi connectivity index (χ2v) is 5.21. The summed E-state index contributed by atoms with van der Waals surface area (Å²) in [4.78, 5) is 12.9. The molecule has 8 heteroatoms. The van der Waals surface area contributed by atoms with Crippen molar-refractivity contribution in [3.05, 3.63) is 0 Å². The maximum absolute atomic E-state index is 10.5. The summed E-state index contributed by atoms with van der Waals surface area (Å²) in [6, 6.07) is 0. The van der Waals surface area contributed by atoms with E-state index in [4.69, 9.17) is 5.11 Å². The highest BCUT2D eigenvalue weighted by molar-refractivity contribution is 7.99. The minimum atomic E-state index is -0.855. The first kappa shape index (κ1) is 13.3. The van der Waals surface area contributed by atoms with Gasteiger partial charge < -0.3 is 10.0 Å². The molecule has 0 atom stereocenters. The van der Waals surface area contributed by atoms with Crippen LogP contribution in [-0.2, 0) is 11.3 Å². The molecule has 100 valence electrons. The summed E-state index contributed by atoms with van der Waals surface area (Å²) in [6.07, 6.45) is 3.58. The molecule has 0 amide bonds. The number of aliphatic carboxylic acids is 1. The standard InChI is InChI=1S/C10H17N5O2S/c16-9(17)8-18-10-11-12-13-15(10)7-3-6-14-4-1-2-5-14/h1-8H2,(H,16,17). The lowest BCUT2D eigenvalue weighted by Gasteiger charge is -2.13. The van der Waals surface area contributed by atoms with Crippen molar-refractivity contribution in [3.63, 3.8) is 0 Å². The van der Waals surface area contributed by atoms with Gasteiger partial charge in [0.15, 0.2) is 0 Å². The van der Waals surface area contributed by atoms with Gasteiger partial charge in [0.25, 0.3) is 0 Å². The summed E-state index contributed by atoms with van der Waals surface area (Å²) in [5.41, 5.74) is 0. The third-order valence-corrected chi connectivity index (χ3v) is 3.81. The van der Waals surface area contributed by atoms with E-state index in [1.165, 1.54) is 25.9 Å². The molecule has 0 bridgehead atoms. The van der Waals surface area contributed by atoms with E-state index in [-0.39, 0.29) is 5.75 Å². The van der Waals surface area contributed by atoms with Gasteiger partial charge in [-0.2, -0.15) is 0 Å². The van der Waals surface area contributed by atoms with E-state index in [2.05, 4.69) is 20.4 Å². The van der Waals surface area contributed by atoms with E-state index >= 15 is 0 Å². The van der Waals surface area contributed by atoms with Crippen molar-refractivity contribution in [2.24, 2.45) is 0 Å². The number of carboxylic acid groups (broad SMARTS) is 1. The molecule has 18 heavy (non-hydrogen) atoms. The average molecular weight is 271 g/mol. The number of likely N-dealkylation sites (tertiary alicyclic amines) is 1. The maximum atomic E-state index is 10.5. The normalized spacial score (nSPS) is 16.2. The summed E-state index contributed by atoms with van der Waals surface area (Å²) in [6.45, 7) is 4.18. The van der Waals surface area contributed by atoms with Crippen LogP contribution in [0, 0.1) is 0 Å². The smallest absolute Gasteiger partial charge is 0.313 e. The zero-order valence-electron chi connectivity index (χ0n) is 10.2. The van der Waals surface area contributed by atoms with Gasteiger partial charge in [0.2, 0.25) is 5.16 Å². The minimum absolute atomic E-state index is 0.00744. The molecular weight excluding hydrogens is 254 g/mol. The molecule has 0 aromatic carbocycles. The van der Waals surface area contributed by atoms with E-state index in [0.29, 0.717) is 5.16 Å². The van der Waals surface area contributed by atoms with Gasteiger partial charge in [0.1, 0.15) is 0 Å². The van der Waals surface area contributed by atoms with Crippen molar-refractivity contribution >= 4 is 17.7 Å². The van der Waals surface area contributed by atoms with Crippen LogP contribution in [0.3, 0.4) is 0 Å². The van der Waals surface area contributed by atoms with Crippen molar-refractivity contribution in [2.45, 2.75) is 31.0 Å². The molecule has 7 nitrogen and oxygen atoms in total. The van der Waals surface area contributed by atoms with Gasteiger partial charge in [-0.05, 0) is 49.3 Å². The lowest BCUT2D eigenvalue weighted by Crippen LogP contribution is -2.21. The predicted octanol–water partition coefficient (Wildman–Crippen LogP) is 0.336. The first-order valence-corrected chi connectivity index (χ1v) is 7.07. The number of thioether (sulfide) groups is 1. The molecular formula is C10H17N5O2S. The Morgan fingerprint density at radius 2 is 2.11 bits per heavy atom. The third kappa shape index (κ3) is 3.95. The molecule has 1 aromatic heterocycles. The van der Waals surface area contributed by atoms with Crippen molar-refractivity contribution in [1.29, 1.82) is 0 Å². The molecule has 1 aliphatic rings. The summed E-state index contributed by atoms with van der Waals surface area (Å²) < 4.78 is 1.68. The van der Waals surface area contributed by atoms with Gasteiger partial charge in [0, 0.05) is 6.54 Å². The first-order chi connectivity index (χ1) is 8.75. The number of carbonyl (C=O) groups is 1. The number of aryl methyl sites for hydroxylation is 1. The number of nitrogens with zero attached hydrogens (tertiary/aromatic N) is 5. The summed E-state index contributed by atoms with van der Waals surface area (Å²) in [5.74, 6) is -0.862. The second-order valence-electron chi connectivity index (χ2n) is 4.27. The predicted molar refractivity (Wildman–Crippen MR) is 66.5 cm³/mol. The fourth-order valence-electron chi connectivity index (χ4n) is 2.02. The Morgan fingerprint density at radius 1 is 1.33 bits per heavy atom. The van der Waals surface area contributed by atoms with Crippen LogP contribution in [0.2, 0.25) is 0 Å². The van der Waals surface area contributed by atoms with E-state index in [0.717, 1.165) is 31.3 Å². The number of hydrogen-bond acceptors (Lipinski definition) is 6. The summed E-state index contributed by atoms with van der Waals surface area (Å²) in [7, 11) is 0. The van der Waals surface area contributed by atoms with Crippen LogP contribution in [0.4, 0.5) is 0 Å². The highest BCUT2D eigenvalue weighted by atomic mass is 32.2. The zero-order chi connectivity index (χ0) is 12.8. The molecule has 2 rings (SSSR count). The minimum Gasteiger partial charge on any atom is -0.481 e. The number of carboxylic acids is 1. The molecule has 0 aliphatic carbocycles. The Balaban J connectivity index is 1.74. The van der Waals surface area contributed by atoms with Crippen molar-refractivity contribution in [2.75, 3.05) is 25.4 Å². The number of aromatic nitrogens is 4. The molecule has 0 spiro atoms. The van der Waals surface area contributed by atoms with Crippen LogP contribution in [-0.4, -0.2) is 61.6 Å². The fraction of sp³-hybridized carbons (Fsp3) is 0.800. The highest BCUT2D eigenvalue weighted by Gasteiger charge is 2.12. The van der Waals surface area contributed by atoms with Crippen LogP contribution in [0.5, 0.6) is 0 Å². The van der Waals surface area contributed by atoms with Crippen LogP contribution in [0.15, 0.2) is 5.16 Å². The molecule has 2 heterocycles. The maximum Gasteiger partial charge on any atom is 0.313 e. The number of rotatable bonds is 7. The monoisotopic (exact) mass is 271 g/mol. The molecule has 1 aliphatic heterocycles. The van der Waals surface area contributed by atoms with Gasteiger partial charge in [-0.1, -0.05) is 11.8 Å². The topological polar surface area (TPSA) is 84.1 Å². The van der Waals surface area contributed by atoms with E-state index < -0.39 is 5.97 Å². The lowest BCUT2D eigenvalue weighted by atomic mass is 10.4. The molecule has 0 unspecified atom stereocenters. The van der Waals surface area contributed by atoms with Crippen LogP contribution < -0.4 is 0 Å². The summed E-state index contributed by atoms with van der Waals surface area (Å²) >= 11 is 1.16. The first-order valence-electron chi connectivity index (χ1n) is 6.09. The third-order valence-electron chi connectivity index (χ3n) is 2.87. The van der Waals surface area contributed by atoms with Crippen LogP contribution in [0.1, 0.15) is 19.3 Å². The van der Waals surface area contributed by atoms with E-state index in [9.17, 15) is 4.79 Å². The fourth-order valence-corrected chi connectivity index (χ4v) is 2.64. The van der Waals surface area contributed by atoms with Crippen LogP contribution in [0.25, 0.3) is 0 Å². The Hall–Kier alpha value is -1.15. The highest BCUT2D eigenvalue weighted by Crippen LogP contribution is 2.14. The van der Waals surface area contributed by atoms with E-state index in [1.807, 2.05) is 0 Å². The van der Waals surface area contributed by atoms with Gasteiger partial charge in [-0.15, -0.1) is 5.10 Å². The number of tetrazole rings is 1. The molecule has 1 N–H and O–H groups in total. The van der Waals surface area contributed by atoms with Gasteiger partial charge >= 0.3 is 5.97 Å². The van der Waals surface area contributed by atoms with Gasteiger partial charge in [-0.25, -0.2) is 4.68 Å². The number of hydrogen-bond donors (Lipinski definition) is 1. The van der Waals surface area contributed by atoms with Gasteiger partial charge in [-0.3, -0.25) is 4.79 Å². The Kier molecular flexibility index (Phi) is 4.94. The van der Waals surface area contributed by atoms with Gasteiger partial charge in [0.05, 0.1) is 5.75 Å². The molecule has 1 fully saturated rings. The van der Waals surface area contributed by atoms with E-state index in [1.54, 1.807) is 4.68 Å². The van der Waals surface area contributed by atoms with Crippen molar-refractivity contribution in [3.8, 4) is 0 Å². The lowest BCUT2D eigenvalue weighted by molar-refractivity contribution is -0.133. The van der Waals surface area contributed by atoms with Crippen molar-refractivity contribution < 1.29 is 9.90 Å². The molecule has 1 saturated heterocycles.